The van der Waals surface area contributed by atoms with Gasteiger partial charge in [0.2, 0.25) is 11.9 Å². The lowest BCUT2D eigenvalue weighted by molar-refractivity contribution is -0.137. The first-order valence-corrected chi connectivity index (χ1v) is 13.4. The van der Waals surface area contributed by atoms with Crippen LogP contribution in [-0.2, 0) is 4.79 Å². The molecule has 4 aromatic rings. The number of anilines is 1. The van der Waals surface area contributed by atoms with Crippen LogP contribution in [0.3, 0.4) is 0 Å². The maximum atomic E-state index is 14.8. The molecule has 0 radical (unpaired) electrons. The van der Waals surface area contributed by atoms with E-state index in [0.717, 1.165) is 25.9 Å². The normalized spacial score (nSPS) is 20.2. The van der Waals surface area contributed by atoms with Gasteiger partial charge in [-0.15, -0.1) is 0 Å². The molecule has 1 aliphatic heterocycles. The molecule has 6 rings (SSSR count). The Morgan fingerprint density at radius 3 is 2.87 bits per heavy atom. The van der Waals surface area contributed by atoms with Crippen LogP contribution in [0.1, 0.15) is 19.3 Å². The van der Waals surface area contributed by atoms with Gasteiger partial charge in [-0.25, -0.2) is 14.1 Å². The standard InChI is InChI=1S/C26H25BrFN9O/c27-23-20-15-31-26(32-18-4-3-17(12-18)25(38)36-10-8-35(7-5-29)9-11-36)33-24(20)37(34-23)19-13-16-2-1-6-30-22(16)21(28)14-19/h1-2,6,13-15,17-18H,3-4,7-12H2,(H,31,32,33)/t17-,18-/m1/s1. The summed E-state index contributed by atoms with van der Waals surface area (Å²) in [5.74, 6) is 0.167. The van der Waals surface area contributed by atoms with Crippen LogP contribution in [0, 0.1) is 23.1 Å². The Kier molecular flexibility index (Phi) is 6.63. The molecule has 2 atom stereocenters. The number of piperazine rings is 1. The van der Waals surface area contributed by atoms with Crippen molar-refractivity contribution in [2.24, 2.45) is 5.92 Å². The Balaban J connectivity index is 1.18. The molecule has 1 saturated carbocycles. The predicted molar refractivity (Wildman–Crippen MR) is 143 cm³/mol. The van der Waals surface area contributed by atoms with Crippen molar-refractivity contribution >= 4 is 49.7 Å². The van der Waals surface area contributed by atoms with Crippen molar-refractivity contribution in [2.45, 2.75) is 25.3 Å². The third kappa shape index (κ3) is 4.68. The van der Waals surface area contributed by atoms with Crippen molar-refractivity contribution in [3.63, 3.8) is 0 Å². The summed E-state index contributed by atoms with van der Waals surface area (Å²) < 4.78 is 16.9. The average molecular weight is 578 g/mol. The van der Waals surface area contributed by atoms with E-state index in [4.69, 9.17) is 10.2 Å². The minimum Gasteiger partial charge on any atom is -0.351 e. The van der Waals surface area contributed by atoms with Crippen molar-refractivity contribution in [1.82, 2.24) is 34.5 Å². The lowest BCUT2D eigenvalue weighted by atomic mass is 10.1. The van der Waals surface area contributed by atoms with E-state index >= 15 is 0 Å². The number of carbonyl (C=O) groups excluding carboxylic acids is 1. The van der Waals surface area contributed by atoms with Gasteiger partial charge >= 0.3 is 0 Å². The van der Waals surface area contributed by atoms with E-state index in [2.05, 4.69) is 47.3 Å². The Bertz CT molecular complexity index is 1560. The summed E-state index contributed by atoms with van der Waals surface area (Å²) in [6, 6.07) is 9.05. The summed E-state index contributed by atoms with van der Waals surface area (Å²) >= 11 is 3.47. The second-order valence-corrected chi connectivity index (χ2v) is 10.5. The van der Waals surface area contributed by atoms with Gasteiger partial charge < -0.3 is 10.2 Å². The molecule has 0 unspecified atom stereocenters. The fourth-order valence-corrected chi connectivity index (χ4v) is 5.82. The number of nitrogens with zero attached hydrogens (tertiary/aromatic N) is 8. The number of amides is 1. The molecule has 0 bridgehead atoms. The molecule has 1 N–H and O–H groups in total. The minimum absolute atomic E-state index is 0.0346. The van der Waals surface area contributed by atoms with Crippen LogP contribution in [0.4, 0.5) is 10.3 Å². The second-order valence-electron chi connectivity index (χ2n) is 9.75. The summed E-state index contributed by atoms with van der Waals surface area (Å²) in [4.78, 5) is 30.4. The minimum atomic E-state index is -0.432. The van der Waals surface area contributed by atoms with Crippen LogP contribution in [0.15, 0.2) is 41.3 Å². The van der Waals surface area contributed by atoms with Gasteiger partial charge in [-0.1, -0.05) is 6.07 Å². The van der Waals surface area contributed by atoms with Gasteiger partial charge in [-0.3, -0.25) is 14.7 Å². The SMILES string of the molecule is N#CCN1CCN(C(=O)[C@@H]2CC[C@@H](Nc3ncc4c(Br)nn(-c5cc(F)c6ncccc6c5)c4n3)C2)CC1. The number of nitrogens with one attached hydrogen (secondary N) is 1. The molecule has 12 heteroatoms. The van der Waals surface area contributed by atoms with Crippen LogP contribution in [0.25, 0.3) is 27.6 Å². The average Bonchev–Trinajstić information content (AvgIpc) is 3.53. The van der Waals surface area contributed by atoms with E-state index in [9.17, 15) is 9.18 Å². The first-order chi connectivity index (χ1) is 18.5. The molecule has 2 aliphatic rings. The molecular formula is C26H25BrFN9O. The van der Waals surface area contributed by atoms with Gasteiger partial charge in [0.05, 0.1) is 23.7 Å². The van der Waals surface area contributed by atoms with E-state index in [0.29, 0.717) is 64.2 Å². The number of rotatable bonds is 5. The third-order valence-electron chi connectivity index (χ3n) is 7.36. The van der Waals surface area contributed by atoms with Gasteiger partial charge in [0.15, 0.2) is 11.5 Å². The highest BCUT2D eigenvalue weighted by molar-refractivity contribution is 9.10. The number of fused-ring (bicyclic) bond motifs is 2. The van der Waals surface area contributed by atoms with Crippen molar-refractivity contribution < 1.29 is 9.18 Å². The Labute approximate surface area is 226 Å². The van der Waals surface area contributed by atoms with Crippen LogP contribution in [0.5, 0.6) is 0 Å². The van der Waals surface area contributed by atoms with E-state index in [1.54, 1.807) is 23.1 Å². The topological polar surface area (TPSA) is 116 Å². The number of aromatic nitrogens is 5. The highest BCUT2D eigenvalue weighted by Gasteiger charge is 2.34. The van der Waals surface area contributed by atoms with Crippen LogP contribution in [-0.4, -0.2) is 79.2 Å². The number of nitriles is 1. The molecule has 1 aliphatic carbocycles. The van der Waals surface area contributed by atoms with E-state index < -0.39 is 5.82 Å². The molecule has 1 saturated heterocycles. The van der Waals surface area contributed by atoms with E-state index in [1.165, 1.54) is 6.07 Å². The highest BCUT2D eigenvalue weighted by atomic mass is 79.9. The largest absolute Gasteiger partial charge is 0.351 e. The molecule has 2 fully saturated rings. The van der Waals surface area contributed by atoms with Crippen molar-refractivity contribution in [3.8, 4) is 11.8 Å². The van der Waals surface area contributed by atoms with Crippen LogP contribution >= 0.6 is 15.9 Å². The number of pyridine rings is 1. The van der Waals surface area contributed by atoms with Gasteiger partial charge in [0.1, 0.15) is 10.1 Å². The fourth-order valence-electron chi connectivity index (χ4n) is 5.38. The summed E-state index contributed by atoms with van der Waals surface area (Å²) in [5, 5.41) is 18.2. The van der Waals surface area contributed by atoms with Gasteiger partial charge in [0.25, 0.3) is 0 Å². The summed E-state index contributed by atoms with van der Waals surface area (Å²) in [5.41, 5.74) is 1.38. The van der Waals surface area contributed by atoms with Crippen molar-refractivity contribution in [1.29, 1.82) is 5.26 Å². The molecule has 4 heterocycles. The fraction of sp³-hybridized carbons (Fsp3) is 0.385. The van der Waals surface area contributed by atoms with Crippen LogP contribution in [0.2, 0.25) is 0 Å². The molecule has 3 aromatic heterocycles. The third-order valence-corrected chi connectivity index (χ3v) is 7.95. The molecule has 1 aromatic carbocycles. The maximum Gasteiger partial charge on any atom is 0.225 e. The number of hydrogen-bond acceptors (Lipinski definition) is 8. The van der Waals surface area contributed by atoms with Crippen LogP contribution < -0.4 is 5.32 Å². The number of halogens is 2. The molecule has 10 nitrogen and oxygen atoms in total. The monoisotopic (exact) mass is 577 g/mol. The zero-order chi connectivity index (χ0) is 26.2. The molecule has 1 amide bonds. The van der Waals surface area contributed by atoms with Gasteiger partial charge in [-0.05, 0) is 47.3 Å². The Hall–Kier alpha value is -3.69. The van der Waals surface area contributed by atoms with Gasteiger partial charge in [-0.2, -0.15) is 15.3 Å². The molecular weight excluding hydrogens is 553 g/mol. The smallest absolute Gasteiger partial charge is 0.225 e. The molecule has 194 valence electrons. The second kappa shape index (κ2) is 10.2. The Morgan fingerprint density at radius 2 is 2.05 bits per heavy atom. The van der Waals surface area contributed by atoms with Crippen molar-refractivity contribution in [2.75, 3.05) is 38.0 Å². The quantitative estimate of drug-likeness (QED) is 0.358. The zero-order valence-corrected chi connectivity index (χ0v) is 22.1. The highest BCUT2D eigenvalue weighted by Crippen LogP contribution is 2.31. The number of hydrogen-bond donors (Lipinski definition) is 1. The molecule has 0 spiro atoms. The first kappa shape index (κ1) is 24.6. The predicted octanol–water partition coefficient (Wildman–Crippen LogP) is 3.51. The lowest BCUT2D eigenvalue weighted by Gasteiger charge is -2.34. The van der Waals surface area contributed by atoms with Crippen molar-refractivity contribution in [3.05, 3.63) is 47.1 Å². The van der Waals surface area contributed by atoms with E-state index in [1.807, 2.05) is 17.0 Å². The lowest BCUT2D eigenvalue weighted by Crippen LogP contribution is -2.50. The summed E-state index contributed by atoms with van der Waals surface area (Å²) in [7, 11) is 0. The zero-order valence-electron chi connectivity index (χ0n) is 20.5. The number of benzene rings is 1. The first-order valence-electron chi connectivity index (χ1n) is 12.6. The van der Waals surface area contributed by atoms with E-state index in [-0.39, 0.29) is 17.9 Å². The maximum absolute atomic E-state index is 14.8. The summed E-state index contributed by atoms with van der Waals surface area (Å²) in [6.45, 7) is 3.22. The molecule has 38 heavy (non-hydrogen) atoms. The number of carbonyl (C=O) groups is 1. The summed E-state index contributed by atoms with van der Waals surface area (Å²) in [6.07, 6.45) is 5.62. The Morgan fingerprint density at radius 1 is 1.21 bits per heavy atom. The van der Waals surface area contributed by atoms with Gasteiger partial charge in [0, 0.05) is 62.0 Å².